The molecule has 126 valence electrons. The van der Waals surface area contributed by atoms with Crippen molar-refractivity contribution in [3.05, 3.63) is 24.0 Å². The van der Waals surface area contributed by atoms with Crippen molar-refractivity contribution in [2.45, 2.75) is 48.6 Å². The maximum atomic E-state index is 13.8. The minimum absolute atomic E-state index is 0.00987. The number of carbonyl (C=O) groups is 1. The van der Waals surface area contributed by atoms with E-state index in [9.17, 15) is 17.6 Å². The van der Waals surface area contributed by atoms with Crippen LogP contribution < -0.4 is 14.8 Å². The van der Waals surface area contributed by atoms with Crippen molar-refractivity contribution in [3.8, 4) is 5.75 Å². The van der Waals surface area contributed by atoms with Gasteiger partial charge in [0.2, 0.25) is 15.9 Å². The molecule has 8 heteroatoms. The normalized spacial score (nSPS) is 23.2. The van der Waals surface area contributed by atoms with Crippen LogP contribution >= 0.6 is 0 Å². The molecule has 1 atom stereocenters. The van der Waals surface area contributed by atoms with Crippen molar-refractivity contribution in [3.63, 3.8) is 0 Å². The van der Waals surface area contributed by atoms with Gasteiger partial charge in [-0.3, -0.25) is 4.79 Å². The van der Waals surface area contributed by atoms with Crippen LogP contribution in [0.15, 0.2) is 23.1 Å². The summed E-state index contributed by atoms with van der Waals surface area (Å²) in [7, 11) is -2.55. The number of hydrogen-bond acceptors (Lipinski definition) is 4. The van der Waals surface area contributed by atoms with E-state index in [1.54, 1.807) is 0 Å². The van der Waals surface area contributed by atoms with Crippen molar-refractivity contribution in [2.75, 3.05) is 7.11 Å². The van der Waals surface area contributed by atoms with E-state index in [-0.39, 0.29) is 29.0 Å². The van der Waals surface area contributed by atoms with E-state index < -0.39 is 21.4 Å². The number of methoxy groups -OCH3 is 1. The molecule has 0 bridgehead atoms. The lowest BCUT2D eigenvalue weighted by molar-refractivity contribution is -0.127. The fraction of sp³-hybridized carbons (Fsp3) is 0.533. The summed E-state index contributed by atoms with van der Waals surface area (Å²) in [5.41, 5.74) is -0.493. The van der Waals surface area contributed by atoms with E-state index in [0.29, 0.717) is 6.42 Å². The van der Waals surface area contributed by atoms with E-state index in [4.69, 9.17) is 4.74 Å². The van der Waals surface area contributed by atoms with Crippen LogP contribution in [-0.2, 0) is 14.8 Å². The van der Waals surface area contributed by atoms with Crippen LogP contribution in [0.5, 0.6) is 5.75 Å². The number of carbonyl (C=O) groups excluding carboxylic acids is 1. The molecule has 1 spiro atoms. The first-order valence-electron chi connectivity index (χ1n) is 7.53. The molecule has 23 heavy (non-hydrogen) atoms. The maximum absolute atomic E-state index is 13.8. The third-order valence-corrected chi connectivity index (χ3v) is 6.16. The summed E-state index contributed by atoms with van der Waals surface area (Å²) in [6.07, 6.45) is 3.19. The summed E-state index contributed by atoms with van der Waals surface area (Å²) in [6, 6.07) is 3.16. The first-order valence-corrected chi connectivity index (χ1v) is 9.01. The smallest absolute Gasteiger partial charge is 0.241 e. The Bertz CT molecular complexity index is 731. The van der Waals surface area contributed by atoms with Crippen molar-refractivity contribution < 1.29 is 22.3 Å². The second kappa shape index (κ2) is 5.76. The van der Waals surface area contributed by atoms with E-state index in [1.807, 2.05) is 0 Å². The SMILES string of the molecule is COc1ccc(S(=O)(=O)N[C@H]2CCC(=O)NC23CCC3)cc1F. The highest BCUT2D eigenvalue weighted by Gasteiger charge is 2.49. The molecule has 1 aliphatic carbocycles. The Hall–Kier alpha value is -1.67. The zero-order valence-electron chi connectivity index (χ0n) is 12.8. The van der Waals surface area contributed by atoms with Gasteiger partial charge in [0, 0.05) is 12.5 Å². The van der Waals surface area contributed by atoms with E-state index in [2.05, 4.69) is 10.0 Å². The van der Waals surface area contributed by atoms with Gasteiger partial charge in [0.25, 0.3) is 0 Å². The third kappa shape index (κ3) is 2.92. The molecule has 2 fully saturated rings. The molecule has 1 amide bonds. The van der Waals surface area contributed by atoms with Gasteiger partial charge in [-0.05, 0) is 43.9 Å². The lowest BCUT2D eigenvalue weighted by atomic mass is 9.68. The third-order valence-electron chi connectivity index (χ3n) is 4.69. The Labute approximate surface area is 134 Å². The van der Waals surface area contributed by atoms with Gasteiger partial charge in [0.05, 0.1) is 17.5 Å². The highest BCUT2D eigenvalue weighted by Crippen LogP contribution is 2.39. The molecule has 0 aromatic heterocycles. The molecule has 1 saturated carbocycles. The Morgan fingerprint density at radius 2 is 2.13 bits per heavy atom. The molecule has 2 aliphatic rings. The van der Waals surface area contributed by atoms with Crippen LogP contribution in [0, 0.1) is 5.82 Å². The molecular weight excluding hydrogens is 323 g/mol. The summed E-state index contributed by atoms with van der Waals surface area (Å²) in [4.78, 5) is 11.5. The van der Waals surface area contributed by atoms with Crippen LogP contribution in [0.2, 0.25) is 0 Å². The molecule has 3 rings (SSSR count). The fourth-order valence-electron chi connectivity index (χ4n) is 3.25. The molecule has 1 aliphatic heterocycles. The van der Waals surface area contributed by atoms with Crippen LogP contribution in [0.3, 0.4) is 0 Å². The van der Waals surface area contributed by atoms with Gasteiger partial charge >= 0.3 is 0 Å². The molecule has 1 aromatic rings. The summed E-state index contributed by atoms with van der Waals surface area (Å²) in [5, 5.41) is 2.92. The van der Waals surface area contributed by atoms with Gasteiger partial charge in [0.15, 0.2) is 11.6 Å². The van der Waals surface area contributed by atoms with Crippen LogP contribution in [-0.4, -0.2) is 33.0 Å². The summed E-state index contributed by atoms with van der Waals surface area (Å²) in [6.45, 7) is 0. The average molecular weight is 342 g/mol. The molecule has 0 unspecified atom stereocenters. The van der Waals surface area contributed by atoms with Crippen LogP contribution in [0.4, 0.5) is 4.39 Å². The van der Waals surface area contributed by atoms with Gasteiger partial charge in [-0.1, -0.05) is 0 Å². The van der Waals surface area contributed by atoms with Gasteiger partial charge in [-0.25, -0.2) is 17.5 Å². The largest absolute Gasteiger partial charge is 0.494 e. The van der Waals surface area contributed by atoms with E-state index >= 15 is 0 Å². The number of halogens is 1. The Morgan fingerprint density at radius 3 is 2.70 bits per heavy atom. The predicted octanol–water partition coefficient (Wildman–Crippen LogP) is 1.31. The zero-order valence-corrected chi connectivity index (χ0v) is 13.6. The molecule has 1 heterocycles. The first kappa shape index (κ1) is 16.2. The second-order valence-corrected chi connectivity index (χ2v) is 7.78. The van der Waals surface area contributed by atoms with Gasteiger partial charge in [0.1, 0.15) is 0 Å². The van der Waals surface area contributed by atoms with Crippen molar-refractivity contribution in [2.24, 2.45) is 0 Å². The number of sulfonamides is 1. The first-order chi connectivity index (χ1) is 10.9. The standard InChI is InChI=1S/C15H19FN2O4S/c1-22-12-4-3-10(9-11(12)16)23(20,21)18-13-5-6-14(19)17-15(13)7-2-8-15/h3-4,9,13,18H,2,5-8H2,1H3,(H,17,19)/t13-/m0/s1. The van der Waals surface area contributed by atoms with Crippen molar-refractivity contribution in [1.29, 1.82) is 0 Å². The summed E-state index contributed by atoms with van der Waals surface area (Å²) in [5.74, 6) is -0.786. The number of ether oxygens (including phenoxy) is 1. The van der Waals surface area contributed by atoms with Crippen LogP contribution in [0.1, 0.15) is 32.1 Å². The minimum atomic E-state index is -3.87. The van der Waals surface area contributed by atoms with Gasteiger partial charge < -0.3 is 10.1 Å². The zero-order chi connectivity index (χ0) is 16.7. The lowest BCUT2D eigenvalue weighted by Gasteiger charge is -2.50. The number of rotatable bonds is 4. The van der Waals surface area contributed by atoms with Gasteiger partial charge in [-0.2, -0.15) is 0 Å². The van der Waals surface area contributed by atoms with Gasteiger partial charge in [-0.15, -0.1) is 0 Å². The number of hydrogen-bond donors (Lipinski definition) is 2. The number of amides is 1. The molecule has 6 nitrogen and oxygen atoms in total. The molecule has 1 saturated heterocycles. The monoisotopic (exact) mass is 342 g/mol. The molecular formula is C15H19FN2O4S. The molecule has 0 radical (unpaired) electrons. The predicted molar refractivity (Wildman–Crippen MR) is 81.0 cm³/mol. The average Bonchev–Trinajstić information content (AvgIpc) is 2.47. The van der Waals surface area contributed by atoms with Crippen LogP contribution in [0.25, 0.3) is 0 Å². The number of nitrogens with one attached hydrogen (secondary N) is 2. The van der Waals surface area contributed by atoms with Crippen molar-refractivity contribution >= 4 is 15.9 Å². The Balaban J connectivity index is 1.83. The molecule has 1 aromatic carbocycles. The highest BCUT2D eigenvalue weighted by atomic mass is 32.2. The fourth-order valence-corrected chi connectivity index (χ4v) is 4.61. The second-order valence-electron chi connectivity index (χ2n) is 6.07. The minimum Gasteiger partial charge on any atom is -0.494 e. The highest BCUT2D eigenvalue weighted by molar-refractivity contribution is 7.89. The van der Waals surface area contributed by atoms with E-state index in [0.717, 1.165) is 25.3 Å². The number of piperidine rings is 1. The van der Waals surface area contributed by atoms with E-state index in [1.165, 1.54) is 19.2 Å². The number of benzene rings is 1. The Morgan fingerprint density at radius 1 is 1.39 bits per heavy atom. The Kier molecular flexibility index (Phi) is 4.05. The quantitative estimate of drug-likeness (QED) is 0.864. The lowest BCUT2D eigenvalue weighted by Crippen LogP contribution is -2.68. The van der Waals surface area contributed by atoms with Crippen molar-refractivity contribution in [1.82, 2.24) is 10.0 Å². The topological polar surface area (TPSA) is 84.5 Å². The summed E-state index contributed by atoms with van der Waals surface area (Å²) < 4.78 is 46.3. The molecule has 2 N–H and O–H groups in total. The summed E-state index contributed by atoms with van der Waals surface area (Å²) >= 11 is 0. The maximum Gasteiger partial charge on any atom is 0.241 e.